The van der Waals surface area contributed by atoms with Crippen LogP contribution in [0.3, 0.4) is 0 Å². The number of benzene rings is 1. The molecule has 1 atom stereocenters. The highest BCUT2D eigenvalue weighted by molar-refractivity contribution is 6.33. The Morgan fingerprint density at radius 1 is 1.39 bits per heavy atom. The van der Waals surface area contributed by atoms with Gasteiger partial charge in [0.25, 0.3) is 0 Å². The number of nitrogens with one attached hydrogen (secondary N) is 2. The van der Waals surface area contributed by atoms with Crippen molar-refractivity contribution in [2.45, 2.75) is 32.7 Å². The molecule has 0 saturated carbocycles. The molecule has 23 heavy (non-hydrogen) atoms. The Bertz CT molecular complexity index is 642. The van der Waals surface area contributed by atoms with E-state index in [2.05, 4.69) is 15.6 Å². The standard InChI is InChI=1S/C17H22ClN3O2/c1-3-19-12(2)10-20-16(22)8-9-17-21-11-15(23-17)13-6-4-5-7-14(13)18/h4-7,11-12,19H,3,8-10H2,1-2H3,(H,20,22)/t12-/m1/s1. The lowest BCUT2D eigenvalue weighted by molar-refractivity contribution is -0.121. The molecule has 0 spiro atoms. The van der Waals surface area contributed by atoms with Crippen molar-refractivity contribution in [1.29, 1.82) is 0 Å². The summed E-state index contributed by atoms with van der Waals surface area (Å²) in [6, 6.07) is 7.70. The Hall–Kier alpha value is -1.85. The second kappa shape index (κ2) is 8.70. The number of oxazole rings is 1. The molecule has 2 N–H and O–H groups in total. The Morgan fingerprint density at radius 2 is 2.17 bits per heavy atom. The Balaban J connectivity index is 1.83. The van der Waals surface area contributed by atoms with E-state index < -0.39 is 0 Å². The van der Waals surface area contributed by atoms with Crippen molar-refractivity contribution in [3.8, 4) is 11.3 Å². The Labute approximate surface area is 141 Å². The van der Waals surface area contributed by atoms with Crippen LogP contribution in [0, 0.1) is 0 Å². The van der Waals surface area contributed by atoms with Gasteiger partial charge in [0.05, 0.1) is 11.2 Å². The molecular formula is C17H22ClN3O2. The summed E-state index contributed by atoms with van der Waals surface area (Å²) in [6.07, 6.45) is 2.45. The number of hydrogen-bond acceptors (Lipinski definition) is 4. The minimum atomic E-state index is -0.00718. The first-order chi connectivity index (χ1) is 11.1. The number of carbonyl (C=O) groups is 1. The van der Waals surface area contributed by atoms with Crippen LogP contribution in [-0.2, 0) is 11.2 Å². The molecule has 124 valence electrons. The van der Waals surface area contributed by atoms with Crippen LogP contribution in [0.15, 0.2) is 34.9 Å². The molecule has 0 unspecified atom stereocenters. The quantitative estimate of drug-likeness (QED) is 0.778. The summed E-state index contributed by atoms with van der Waals surface area (Å²) in [5.41, 5.74) is 0.803. The molecule has 0 aliphatic carbocycles. The van der Waals surface area contributed by atoms with Gasteiger partial charge in [-0.1, -0.05) is 30.7 Å². The number of rotatable bonds is 8. The molecule has 0 radical (unpaired) electrons. The van der Waals surface area contributed by atoms with Crippen LogP contribution in [0.1, 0.15) is 26.2 Å². The monoisotopic (exact) mass is 335 g/mol. The first-order valence-electron chi connectivity index (χ1n) is 7.79. The first kappa shape index (κ1) is 17.5. The SMILES string of the molecule is CCN[C@H](C)CNC(=O)CCc1ncc(-c2ccccc2Cl)o1. The van der Waals surface area contributed by atoms with Gasteiger partial charge in [0, 0.05) is 31.0 Å². The van der Waals surface area contributed by atoms with Crippen LogP contribution in [0.4, 0.5) is 0 Å². The zero-order chi connectivity index (χ0) is 16.7. The molecule has 0 aliphatic rings. The minimum Gasteiger partial charge on any atom is -0.441 e. The van der Waals surface area contributed by atoms with E-state index in [-0.39, 0.29) is 11.9 Å². The molecule has 0 saturated heterocycles. The molecule has 2 rings (SSSR count). The van der Waals surface area contributed by atoms with Gasteiger partial charge in [-0.05, 0) is 25.6 Å². The van der Waals surface area contributed by atoms with Crippen molar-refractivity contribution < 1.29 is 9.21 Å². The van der Waals surface area contributed by atoms with Crippen LogP contribution in [-0.4, -0.2) is 30.0 Å². The number of carbonyl (C=O) groups excluding carboxylic acids is 1. The number of hydrogen-bond donors (Lipinski definition) is 2. The summed E-state index contributed by atoms with van der Waals surface area (Å²) in [6.45, 7) is 5.58. The second-order valence-corrected chi connectivity index (χ2v) is 5.77. The van der Waals surface area contributed by atoms with E-state index in [4.69, 9.17) is 16.0 Å². The first-order valence-corrected chi connectivity index (χ1v) is 8.17. The zero-order valence-electron chi connectivity index (χ0n) is 13.4. The highest BCUT2D eigenvalue weighted by atomic mass is 35.5. The fourth-order valence-corrected chi connectivity index (χ4v) is 2.44. The molecule has 1 heterocycles. The van der Waals surface area contributed by atoms with Gasteiger partial charge in [0.15, 0.2) is 11.7 Å². The minimum absolute atomic E-state index is 0.00718. The van der Waals surface area contributed by atoms with Crippen LogP contribution in [0.2, 0.25) is 5.02 Å². The third-order valence-corrected chi connectivity index (χ3v) is 3.75. The number of halogens is 1. The topological polar surface area (TPSA) is 67.2 Å². The molecule has 1 aromatic carbocycles. The Kier molecular flexibility index (Phi) is 6.62. The van der Waals surface area contributed by atoms with Gasteiger partial charge in [-0.3, -0.25) is 4.79 Å². The number of amides is 1. The van der Waals surface area contributed by atoms with E-state index in [9.17, 15) is 4.79 Å². The lowest BCUT2D eigenvalue weighted by atomic mass is 10.2. The highest BCUT2D eigenvalue weighted by Gasteiger charge is 2.11. The Morgan fingerprint density at radius 3 is 2.91 bits per heavy atom. The molecule has 5 nitrogen and oxygen atoms in total. The number of nitrogens with zero attached hydrogens (tertiary/aromatic N) is 1. The van der Waals surface area contributed by atoms with Crippen molar-refractivity contribution in [1.82, 2.24) is 15.6 Å². The van der Waals surface area contributed by atoms with E-state index in [1.54, 1.807) is 12.3 Å². The summed E-state index contributed by atoms with van der Waals surface area (Å²) >= 11 is 6.13. The lowest BCUT2D eigenvalue weighted by Crippen LogP contribution is -2.38. The summed E-state index contributed by atoms with van der Waals surface area (Å²) < 4.78 is 5.68. The van der Waals surface area contributed by atoms with E-state index in [0.717, 1.165) is 12.1 Å². The highest BCUT2D eigenvalue weighted by Crippen LogP contribution is 2.28. The average molecular weight is 336 g/mol. The summed E-state index contributed by atoms with van der Waals surface area (Å²) in [5, 5.41) is 6.75. The van der Waals surface area contributed by atoms with Crippen LogP contribution in [0.25, 0.3) is 11.3 Å². The van der Waals surface area contributed by atoms with Crippen molar-refractivity contribution >= 4 is 17.5 Å². The average Bonchev–Trinajstić information content (AvgIpc) is 3.00. The summed E-state index contributed by atoms with van der Waals surface area (Å²) in [4.78, 5) is 16.0. The largest absolute Gasteiger partial charge is 0.441 e. The third-order valence-electron chi connectivity index (χ3n) is 3.42. The number of likely N-dealkylation sites (N-methyl/N-ethyl adjacent to an activating group) is 1. The zero-order valence-corrected chi connectivity index (χ0v) is 14.2. The molecule has 1 amide bonds. The second-order valence-electron chi connectivity index (χ2n) is 5.36. The molecule has 0 bridgehead atoms. The van der Waals surface area contributed by atoms with E-state index in [1.165, 1.54) is 0 Å². The predicted octanol–water partition coefficient (Wildman–Crippen LogP) is 3.04. The fourth-order valence-electron chi connectivity index (χ4n) is 2.21. The van der Waals surface area contributed by atoms with Crippen LogP contribution < -0.4 is 10.6 Å². The van der Waals surface area contributed by atoms with Crippen molar-refractivity contribution in [2.24, 2.45) is 0 Å². The maximum Gasteiger partial charge on any atom is 0.220 e. The molecule has 2 aromatic rings. The molecule has 0 aliphatic heterocycles. The third kappa shape index (κ3) is 5.37. The van der Waals surface area contributed by atoms with Gasteiger partial charge < -0.3 is 15.1 Å². The van der Waals surface area contributed by atoms with E-state index >= 15 is 0 Å². The van der Waals surface area contributed by atoms with E-state index in [0.29, 0.717) is 36.1 Å². The fraction of sp³-hybridized carbons (Fsp3) is 0.412. The summed E-state index contributed by atoms with van der Waals surface area (Å²) in [7, 11) is 0. The normalized spacial score (nSPS) is 12.1. The maximum absolute atomic E-state index is 11.8. The molecule has 0 fully saturated rings. The maximum atomic E-state index is 11.8. The summed E-state index contributed by atoms with van der Waals surface area (Å²) in [5.74, 6) is 1.15. The van der Waals surface area contributed by atoms with Crippen LogP contribution in [0.5, 0.6) is 0 Å². The van der Waals surface area contributed by atoms with Crippen molar-refractivity contribution in [2.75, 3.05) is 13.1 Å². The van der Waals surface area contributed by atoms with Gasteiger partial charge >= 0.3 is 0 Å². The molecule has 1 aromatic heterocycles. The van der Waals surface area contributed by atoms with Crippen molar-refractivity contribution in [3.05, 3.63) is 41.4 Å². The number of aromatic nitrogens is 1. The van der Waals surface area contributed by atoms with Gasteiger partial charge in [0.1, 0.15) is 0 Å². The predicted molar refractivity (Wildman–Crippen MR) is 91.4 cm³/mol. The van der Waals surface area contributed by atoms with Crippen molar-refractivity contribution in [3.63, 3.8) is 0 Å². The lowest BCUT2D eigenvalue weighted by Gasteiger charge is -2.12. The van der Waals surface area contributed by atoms with Gasteiger partial charge in [0.2, 0.25) is 5.91 Å². The van der Waals surface area contributed by atoms with Gasteiger partial charge in [-0.2, -0.15) is 0 Å². The number of aryl methyl sites for hydroxylation is 1. The molecular weight excluding hydrogens is 314 g/mol. The van der Waals surface area contributed by atoms with Crippen LogP contribution >= 0.6 is 11.6 Å². The van der Waals surface area contributed by atoms with E-state index in [1.807, 2.05) is 32.0 Å². The van der Waals surface area contributed by atoms with Gasteiger partial charge in [-0.15, -0.1) is 0 Å². The smallest absolute Gasteiger partial charge is 0.220 e. The van der Waals surface area contributed by atoms with Gasteiger partial charge in [-0.25, -0.2) is 4.98 Å². The molecule has 6 heteroatoms.